The highest BCUT2D eigenvalue weighted by molar-refractivity contribution is 6.31. The summed E-state index contributed by atoms with van der Waals surface area (Å²) in [5.41, 5.74) is 6.57. The van der Waals surface area contributed by atoms with Gasteiger partial charge in [0, 0.05) is 22.8 Å². The number of carbonyl (C=O) groups is 2. The van der Waals surface area contributed by atoms with Gasteiger partial charge in [0.05, 0.1) is 6.42 Å². The standard InChI is InChI=1S/C16H15ClFN3O2/c17-13-2-1-3-14(18)12(13)8-15(22)20-9-10-4-6-11(7-5-10)21-16(19)23/h1-7H,8-9H2,(H,20,22)(H3,19,21,23). The van der Waals surface area contributed by atoms with Gasteiger partial charge in [-0.25, -0.2) is 9.18 Å². The van der Waals surface area contributed by atoms with E-state index >= 15 is 0 Å². The first kappa shape index (κ1) is 16.8. The van der Waals surface area contributed by atoms with Crippen molar-refractivity contribution in [3.05, 3.63) is 64.4 Å². The Balaban J connectivity index is 1.90. The van der Waals surface area contributed by atoms with Crippen LogP contribution in [0.15, 0.2) is 42.5 Å². The lowest BCUT2D eigenvalue weighted by atomic mass is 10.1. The smallest absolute Gasteiger partial charge is 0.316 e. The van der Waals surface area contributed by atoms with Crippen molar-refractivity contribution in [1.82, 2.24) is 5.32 Å². The van der Waals surface area contributed by atoms with Gasteiger partial charge < -0.3 is 16.4 Å². The Morgan fingerprint density at radius 2 is 1.83 bits per heavy atom. The predicted octanol–water partition coefficient (Wildman–Crippen LogP) is 2.83. The largest absolute Gasteiger partial charge is 0.352 e. The average Bonchev–Trinajstić information content (AvgIpc) is 2.50. The highest BCUT2D eigenvalue weighted by Crippen LogP contribution is 2.19. The molecule has 5 nitrogen and oxygen atoms in total. The van der Waals surface area contributed by atoms with Crippen molar-refractivity contribution in [3.63, 3.8) is 0 Å². The molecule has 0 spiro atoms. The topological polar surface area (TPSA) is 84.2 Å². The van der Waals surface area contributed by atoms with Gasteiger partial charge >= 0.3 is 6.03 Å². The van der Waals surface area contributed by atoms with E-state index in [2.05, 4.69) is 10.6 Å². The fraction of sp³-hybridized carbons (Fsp3) is 0.125. The summed E-state index contributed by atoms with van der Waals surface area (Å²) >= 11 is 5.88. The zero-order chi connectivity index (χ0) is 16.8. The van der Waals surface area contributed by atoms with Gasteiger partial charge in [-0.3, -0.25) is 4.79 Å². The van der Waals surface area contributed by atoms with Crippen LogP contribution in [0.25, 0.3) is 0 Å². The van der Waals surface area contributed by atoms with E-state index in [9.17, 15) is 14.0 Å². The van der Waals surface area contributed by atoms with Crippen LogP contribution >= 0.6 is 11.6 Å². The monoisotopic (exact) mass is 335 g/mol. The molecule has 2 aromatic carbocycles. The number of primary amides is 1. The minimum Gasteiger partial charge on any atom is -0.352 e. The number of benzene rings is 2. The molecule has 0 saturated heterocycles. The lowest BCUT2D eigenvalue weighted by molar-refractivity contribution is -0.120. The Morgan fingerprint density at radius 3 is 2.43 bits per heavy atom. The van der Waals surface area contributed by atoms with Gasteiger partial charge in [-0.2, -0.15) is 0 Å². The average molecular weight is 336 g/mol. The van der Waals surface area contributed by atoms with E-state index in [1.807, 2.05) is 0 Å². The molecule has 120 valence electrons. The SMILES string of the molecule is NC(=O)Nc1ccc(CNC(=O)Cc2c(F)cccc2Cl)cc1. The lowest BCUT2D eigenvalue weighted by Gasteiger charge is -2.08. The molecule has 2 aromatic rings. The van der Waals surface area contributed by atoms with Gasteiger partial charge in [-0.15, -0.1) is 0 Å². The molecule has 0 saturated carbocycles. The Morgan fingerprint density at radius 1 is 1.13 bits per heavy atom. The van der Waals surface area contributed by atoms with Crippen LogP contribution in [0.1, 0.15) is 11.1 Å². The van der Waals surface area contributed by atoms with Crippen molar-refractivity contribution >= 4 is 29.2 Å². The zero-order valence-electron chi connectivity index (χ0n) is 12.1. The Labute approximate surface area is 137 Å². The summed E-state index contributed by atoms with van der Waals surface area (Å²) in [5.74, 6) is -0.842. The van der Waals surface area contributed by atoms with Gasteiger partial charge in [0.15, 0.2) is 0 Å². The molecule has 0 aliphatic carbocycles. The maximum absolute atomic E-state index is 13.6. The van der Waals surface area contributed by atoms with E-state index in [0.717, 1.165) is 5.56 Å². The molecule has 0 atom stereocenters. The first-order valence-electron chi connectivity index (χ1n) is 6.80. The maximum atomic E-state index is 13.6. The number of rotatable bonds is 5. The molecule has 0 unspecified atom stereocenters. The number of hydrogen-bond donors (Lipinski definition) is 3. The van der Waals surface area contributed by atoms with Crippen molar-refractivity contribution in [2.24, 2.45) is 5.73 Å². The molecule has 4 N–H and O–H groups in total. The van der Waals surface area contributed by atoms with E-state index in [0.29, 0.717) is 5.69 Å². The molecule has 0 fully saturated rings. The molecular formula is C16H15ClFN3O2. The minimum absolute atomic E-state index is 0.132. The molecule has 0 aliphatic heterocycles. The number of hydrogen-bond acceptors (Lipinski definition) is 2. The molecule has 0 bridgehead atoms. The lowest BCUT2D eigenvalue weighted by Crippen LogP contribution is -2.25. The van der Waals surface area contributed by atoms with Crippen molar-refractivity contribution in [2.45, 2.75) is 13.0 Å². The van der Waals surface area contributed by atoms with Crippen molar-refractivity contribution in [2.75, 3.05) is 5.32 Å². The molecule has 3 amide bonds. The number of nitrogens with one attached hydrogen (secondary N) is 2. The summed E-state index contributed by atoms with van der Waals surface area (Å²) < 4.78 is 13.6. The second-order valence-corrected chi connectivity index (χ2v) is 5.25. The fourth-order valence-electron chi connectivity index (χ4n) is 1.97. The van der Waals surface area contributed by atoms with Crippen LogP contribution in [-0.2, 0) is 17.8 Å². The number of halogens is 2. The molecule has 2 rings (SSSR count). The molecule has 23 heavy (non-hydrogen) atoms. The van der Waals surface area contributed by atoms with Crippen LogP contribution in [0.2, 0.25) is 5.02 Å². The number of carbonyl (C=O) groups excluding carboxylic acids is 2. The van der Waals surface area contributed by atoms with Crippen LogP contribution in [0, 0.1) is 5.82 Å². The molecule has 0 heterocycles. The minimum atomic E-state index is -0.646. The van der Waals surface area contributed by atoms with E-state index < -0.39 is 11.8 Å². The summed E-state index contributed by atoms with van der Waals surface area (Å²) in [4.78, 5) is 22.6. The molecule has 7 heteroatoms. The maximum Gasteiger partial charge on any atom is 0.316 e. The molecule has 0 aliphatic rings. The van der Waals surface area contributed by atoms with Crippen molar-refractivity contribution < 1.29 is 14.0 Å². The van der Waals surface area contributed by atoms with E-state index in [1.165, 1.54) is 18.2 Å². The van der Waals surface area contributed by atoms with Crippen LogP contribution in [0.4, 0.5) is 14.9 Å². The third-order valence-electron chi connectivity index (χ3n) is 3.11. The Hall–Kier alpha value is -2.60. The first-order valence-corrected chi connectivity index (χ1v) is 7.18. The van der Waals surface area contributed by atoms with Crippen LogP contribution in [0.3, 0.4) is 0 Å². The quantitative estimate of drug-likeness (QED) is 0.785. The van der Waals surface area contributed by atoms with Gasteiger partial charge in [0.2, 0.25) is 5.91 Å². The third-order valence-corrected chi connectivity index (χ3v) is 3.46. The van der Waals surface area contributed by atoms with Gasteiger partial charge in [-0.1, -0.05) is 29.8 Å². The van der Waals surface area contributed by atoms with Crippen molar-refractivity contribution in [1.29, 1.82) is 0 Å². The van der Waals surface area contributed by atoms with Gasteiger partial charge in [0.25, 0.3) is 0 Å². The predicted molar refractivity (Wildman–Crippen MR) is 86.6 cm³/mol. The van der Waals surface area contributed by atoms with Crippen LogP contribution < -0.4 is 16.4 Å². The van der Waals surface area contributed by atoms with Gasteiger partial charge in [0.1, 0.15) is 5.82 Å². The summed E-state index contributed by atoms with van der Waals surface area (Å²) in [6.07, 6.45) is -0.132. The zero-order valence-corrected chi connectivity index (χ0v) is 12.9. The fourth-order valence-corrected chi connectivity index (χ4v) is 2.20. The highest BCUT2D eigenvalue weighted by atomic mass is 35.5. The summed E-state index contributed by atoms with van der Waals surface area (Å²) in [5, 5.41) is 5.35. The second kappa shape index (κ2) is 7.60. The first-order chi connectivity index (χ1) is 11.0. The molecule has 0 radical (unpaired) electrons. The third kappa shape index (κ3) is 4.96. The Kier molecular flexibility index (Phi) is 5.54. The molecular weight excluding hydrogens is 321 g/mol. The van der Waals surface area contributed by atoms with E-state index in [1.54, 1.807) is 24.3 Å². The van der Waals surface area contributed by atoms with Crippen LogP contribution in [-0.4, -0.2) is 11.9 Å². The molecule has 0 aromatic heterocycles. The van der Waals surface area contributed by atoms with Gasteiger partial charge in [-0.05, 0) is 29.8 Å². The Bertz CT molecular complexity index is 700. The van der Waals surface area contributed by atoms with E-state index in [-0.39, 0.29) is 29.5 Å². The summed E-state index contributed by atoms with van der Waals surface area (Å²) in [6.45, 7) is 0.280. The number of urea groups is 1. The number of nitrogens with two attached hydrogens (primary N) is 1. The van der Waals surface area contributed by atoms with Crippen LogP contribution in [0.5, 0.6) is 0 Å². The normalized spacial score (nSPS) is 10.2. The summed E-state index contributed by atoms with van der Waals surface area (Å²) in [7, 11) is 0. The van der Waals surface area contributed by atoms with Crippen molar-refractivity contribution in [3.8, 4) is 0 Å². The highest BCUT2D eigenvalue weighted by Gasteiger charge is 2.11. The van der Waals surface area contributed by atoms with E-state index in [4.69, 9.17) is 17.3 Å². The summed E-state index contributed by atoms with van der Waals surface area (Å²) in [6, 6.07) is 10.5. The number of amides is 3. The second-order valence-electron chi connectivity index (χ2n) is 4.84. The number of anilines is 1.